The van der Waals surface area contributed by atoms with Crippen molar-refractivity contribution in [3.05, 3.63) is 34.6 Å². The van der Waals surface area contributed by atoms with Crippen LogP contribution in [-0.2, 0) is 4.79 Å². The second-order valence-corrected chi connectivity index (χ2v) is 7.49. The smallest absolute Gasteiger partial charge is 0.255 e. The fourth-order valence-corrected chi connectivity index (χ4v) is 2.78. The van der Waals surface area contributed by atoms with Gasteiger partial charge in [-0.3, -0.25) is 9.59 Å². The molecule has 24 heavy (non-hydrogen) atoms. The van der Waals surface area contributed by atoms with Crippen LogP contribution in [0.2, 0.25) is 5.02 Å². The van der Waals surface area contributed by atoms with Crippen molar-refractivity contribution in [2.24, 2.45) is 11.1 Å². The summed E-state index contributed by atoms with van der Waals surface area (Å²) >= 11 is 5.95. The van der Waals surface area contributed by atoms with Crippen LogP contribution in [0.25, 0.3) is 0 Å². The molecule has 1 aromatic carbocycles. The number of hydrogen-bond acceptors (Lipinski definition) is 3. The molecule has 0 aliphatic carbocycles. The largest absolute Gasteiger partial charge is 0.338 e. The minimum atomic E-state index is -0.578. The predicted octanol–water partition coefficient (Wildman–Crippen LogP) is 2.14. The van der Waals surface area contributed by atoms with E-state index in [4.69, 9.17) is 17.3 Å². The molecular weight excluding hydrogens is 333 g/mol. The van der Waals surface area contributed by atoms with E-state index in [2.05, 4.69) is 0 Å². The fraction of sp³-hybridized carbons (Fsp3) is 0.529. The molecule has 1 aromatic rings. The summed E-state index contributed by atoms with van der Waals surface area (Å²) in [5, 5.41) is 0.0910. The zero-order chi connectivity index (χ0) is 18.1. The number of nitrogens with two attached hydrogens (primary N) is 1. The summed E-state index contributed by atoms with van der Waals surface area (Å²) in [4.78, 5) is 28.2. The van der Waals surface area contributed by atoms with E-state index in [0.29, 0.717) is 26.2 Å². The summed E-state index contributed by atoms with van der Waals surface area (Å²) < 4.78 is 13.1. The van der Waals surface area contributed by atoms with E-state index in [9.17, 15) is 14.0 Å². The van der Waals surface area contributed by atoms with Crippen molar-refractivity contribution in [1.29, 1.82) is 0 Å². The lowest BCUT2D eigenvalue weighted by Crippen LogP contribution is -2.57. The summed E-state index contributed by atoms with van der Waals surface area (Å²) in [5.41, 5.74) is 5.97. The highest BCUT2D eigenvalue weighted by Gasteiger charge is 2.33. The number of piperazine rings is 1. The van der Waals surface area contributed by atoms with Crippen molar-refractivity contribution in [2.45, 2.75) is 26.8 Å². The molecule has 1 heterocycles. The Labute approximate surface area is 146 Å². The number of rotatable bonds is 2. The Kier molecular flexibility index (Phi) is 5.50. The van der Waals surface area contributed by atoms with E-state index in [1.165, 1.54) is 12.1 Å². The fourth-order valence-electron chi connectivity index (χ4n) is 2.53. The van der Waals surface area contributed by atoms with Crippen LogP contribution < -0.4 is 5.73 Å². The van der Waals surface area contributed by atoms with Gasteiger partial charge in [-0.1, -0.05) is 32.4 Å². The zero-order valence-electron chi connectivity index (χ0n) is 14.2. The van der Waals surface area contributed by atoms with E-state index in [1.807, 2.05) is 20.8 Å². The van der Waals surface area contributed by atoms with Crippen LogP contribution in [0, 0.1) is 11.2 Å². The molecule has 132 valence electrons. The Morgan fingerprint density at radius 3 is 2.21 bits per heavy atom. The van der Waals surface area contributed by atoms with Crippen molar-refractivity contribution in [3.63, 3.8) is 0 Å². The molecule has 2 N–H and O–H groups in total. The van der Waals surface area contributed by atoms with Crippen LogP contribution in [-0.4, -0.2) is 53.8 Å². The number of carbonyl (C=O) groups excluding carboxylic acids is 2. The lowest BCUT2D eigenvalue weighted by molar-refractivity contribution is -0.136. The maximum atomic E-state index is 13.1. The number of carbonyl (C=O) groups is 2. The summed E-state index contributed by atoms with van der Waals surface area (Å²) in [5.74, 6) is -0.843. The molecule has 1 aliphatic rings. The quantitative estimate of drug-likeness (QED) is 0.883. The first kappa shape index (κ1) is 18.7. The van der Waals surface area contributed by atoms with Crippen molar-refractivity contribution in [3.8, 4) is 0 Å². The van der Waals surface area contributed by atoms with Crippen molar-refractivity contribution >= 4 is 23.4 Å². The molecule has 1 aliphatic heterocycles. The Morgan fingerprint density at radius 2 is 1.71 bits per heavy atom. The summed E-state index contributed by atoms with van der Waals surface area (Å²) in [6.07, 6.45) is 0. The highest BCUT2D eigenvalue weighted by atomic mass is 35.5. The van der Waals surface area contributed by atoms with Crippen LogP contribution in [0.3, 0.4) is 0 Å². The second kappa shape index (κ2) is 7.07. The van der Waals surface area contributed by atoms with Gasteiger partial charge in [-0.15, -0.1) is 0 Å². The first-order valence-corrected chi connectivity index (χ1v) is 8.28. The molecule has 0 unspecified atom stereocenters. The Balaban J connectivity index is 2.00. The first-order valence-electron chi connectivity index (χ1n) is 7.90. The first-order chi connectivity index (χ1) is 11.1. The van der Waals surface area contributed by atoms with Crippen LogP contribution in [0.4, 0.5) is 4.39 Å². The molecule has 7 heteroatoms. The van der Waals surface area contributed by atoms with Crippen LogP contribution in [0.15, 0.2) is 18.2 Å². The molecule has 0 spiro atoms. The van der Waals surface area contributed by atoms with E-state index in [-0.39, 0.29) is 27.8 Å². The Bertz CT molecular complexity index is 637. The van der Waals surface area contributed by atoms with Gasteiger partial charge in [0.2, 0.25) is 5.91 Å². The molecule has 1 saturated heterocycles. The van der Waals surface area contributed by atoms with Crippen molar-refractivity contribution < 1.29 is 14.0 Å². The van der Waals surface area contributed by atoms with Crippen LogP contribution in [0.1, 0.15) is 31.1 Å². The van der Waals surface area contributed by atoms with Gasteiger partial charge in [0.25, 0.3) is 5.91 Å². The number of benzene rings is 1. The highest BCUT2D eigenvalue weighted by Crippen LogP contribution is 2.22. The van der Waals surface area contributed by atoms with Gasteiger partial charge in [0.05, 0.1) is 16.6 Å². The predicted molar refractivity (Wildman–Crippen MR) is 91.3 cm³/mol. The number of amides is 2. The molecule has 0 radical (unpaired) electrons. The van der Waals surface area contributed by atoms with E-state index in [0.717, 1.165) is 6.07 Å². The number of hydrogen-bond donors (Lipinski definition) is 1. The monoisotopic (exact) mass is 355 g/mol. The SMILES string of the molecule is CC(C)(C)[C@H](N)C(=O)N1CCN(C(=O)c2ccc(F)cc2Cl)CC1. The van der Waals surface area contributed by atoms with Crippen LogP contribution in [0.5, 0.6) is 0 Å². The third-order valence-corrected chi connectivity index (χ3v) is 4.55. The molecule has 2 rings (SSSR count). The van der Waals surface area contributed by atoms with Gasteiger partial charge < -0.3 is 15.5 Å². The minimum absolute atomic E-state index is 0.0910. The molecule has 0 aromatic heterocycles. The summed E-state index contributed by atoms with van der Waals surface area (Å²) in [6.45, 7) is 7.41. The van der Waals surface area contributed by atoms with Gasteiger partial charge in [0.1, 0.15) is 5.82 Å². The van der Waals surface area contributed by atoms with Gasteiger partial charge in [-0.25, -0.2) is 4.39 Å². The molecular formula is C17H23ClFN3O2. The third kappa shape index (κ3) is 4.05. The Morgan fingerprint density at radius 1 is 1.17 bits per heavy atom. The maximum Gasteiger partial charge on any atom is 0.255 e. The van der Waals surface area contributed by atoms with Gasteiger partial charge in [-0.05, 0) is 23.6 Å². The summed E-state index contributed by atoms with van der Waals surface area (Å²) in [7, 11) is 0. The lowest BCUT2D eigenvalue weighted by atomic mass is 9.86. The van der Waals surface area contributed by atoms with Gasteiger partial charge in [0, 0.05) is 26.2 Å². The lowest BCUT2D eigenvalue weighted by Gasteiger charge is -2.38. The van der Waals surface area contributed by atoms with Gasteiger partial charge in [-0.2, -0.15) is 0 Å². The molecule has 2 amide bonds. The van der Waals surface area contributed by atoms with Gasteiger partial charge in [0.15, 0.2) is 0 Å². The maximum absolute atomic E-state index is 13.1. The van der Waals surface area contributed by atoms with Crippen molar-refractivity contribution in [1.82, 2.24) is 9.80 Å². The zero-order valence-corrected chi connectivity index (χ0v) is 14.9. The third-order valence-electron chi connectivity index (χ3n) is 4.24. The van der Waals surface area contributed by atoms with E-state index < -0.39 is 11.9 Å². The van der Waals surface area contributed by atoms with Gasteiger partial charge >= 0.3 is 0 Å². The average molecular weight is 356 g/mol. The normalized spacial score (nSPS) is 16.9. The van der Waals surface area contributed by atoms with Crippen molar-refractivity contribution in [2.75, 3.05) is 26.2 Å². The summed E-state index contributed by atoms with van der Waals surface area (Å²) in [6, 6.07) is 3.14. The van der Waals surface area contributed by atoms with E-state index in [1.54, 1.807) is 9.80 Å². The number of nitrogens with zero attached hydrogens (tertiary/aromatic N) is 2. The second-order valence-electron chi connectivity index (χ2n) is 7.09. The molecule has 0 bridgehead atoms. The topological polar surface area (TPSA) is 66.6 Å². The van der Waals surface area contributed by atoms with Crippen LogP contribution >= 0.6 is 11.6 Å². The molecule has 1 fully saturated rings. The van der Waals surface area contributed by atoms with E-state index >= 15 is 0 Å². The highest BCUT2D eigenvalue weighted by molar-refractivity contribution is 6.33. The average Bonchev–Trinajstić information content (AvgIpc) is 2.52. The minimum Gasteiger partial charge on any atom is -0.338 e. The molecule has 0 saturated carbocycles. The standard InChI is InChI=1S/C17H23ClFN3O2/c1-17(2,3)14(20)16(24)22-8-6-21(7-9-22)15(23)12-5-4-11(19)10-13(12)18/h4-5,10,14H,6-9,20H2,1-3H3/t14-/m1/s1. The Hall–Kier alpha value is -1.66. The molecule has 1 atom stereocenters. The molecule has 5 nitrogen and oxygen atoms in total. The number of halogens is 2.